The predicted octanol–water partition coefficient (Wildman–Crippen LogP) is 3.41. The summed E-state index contributed by atoms with van der Waals surface area (Å²) in [6.07, 6.45) is 3.06. The summed E-state index contributed by atoms with van der Waals surface area (Å²) >= 11 is 0. The Kier molecular flexibility index (Phi) is 3.62. The summed E-state index contributed by atoms with van der Waals surface area (Å²) < 4.78 is 0. The third-order valence-electron chi connectivity index (χ3n) is 5.02. The van der Waals surface area contributed by atoms with Gasteiger partial charge >= 0.3 is 0 Å². The lowest BCUT2D eigenvalue weighted by atomic mass is 9.92. The van der Waals surface area contributed by atoms with Crippen LogP contribution in [0, 0.1) is 5.41 Å². The summed E-state index contributed by atoms with van der Waals surface area (Å²) in [4.78, 5) is 15.7. The lowest BCUT2D eigenvalue weighted by Gasteiger charge is -2.23. The van der Waals surface area contributed by atoms with E-state index < -0.39 is 6.10 Å². The van der Waals surface area contributed by atoms with Crippen LogP contribution < -0.4 is 5.32 Å². The summed E-state index contributed by atoms with van der Waals surface area (Å²) in [5.41, 5.74) is 2.28. The zero-order chi connectivity index (χ0) is 16.6. The second-order valence-corrected chi connectivity index (χ2v) is 6.61. The molecule has 1 aliphatic carbocycles. The molecule has 1 saturated carbocycles. The Morgan fingerprint density at radius 2 is 1.83 bits per heavy atom. The minimum absolute atomic E-state index is 0.0982. The smallest absolute Gasteiger partial charge is 0.253 e. The van der Waals surface area contributed by atoms with Crippen molar-refractivity contribution in [1.82, 2.24) is 10.3 Å². The number of hydrogen-bond donors (Lipinski definition) is 3. The Balaban J connectivity index is 1.47. The second kappa shape index (κ2) is 5.80. The molecule has 1 heterocycles. The first-order valence-corrected chi connectivity index (χ1v) is 8.27. The van der Waals surface area contributed by atoms with E-state index in [1.807, 2.05) is 54.6 Å². The largest absolute Gasteiger partial charge is 0.388 e. The van der Waals surface area contributed by atoms with E-state index in [2.05, 4.69) is 10.3 Å². The number of nitrogens with one attached hydrogen (secondary N) is 2. The fraction of sp³-hybridized carbons (Fsp3) is 0.250. The molecule has 2 aromatic carbocycles. The molecule has 1 aromatic heterocycles. The van der Waals surface area contributed by atoms with Crippen LogP contribution in [-0.2, 0) is 0 Å². The van der Waals surface area contributed by atoms with E-state index in [0.29, 0.717) is 12.1 Å². The van der Waals surface area contributed by atoms with Crippen LogP contribution in [0.2, 0.25) is 0 Å². The van der Waals surface area contributed by atoms with E-state index in [9.17, 15) is 9.90 Å². The Labute approximate surface area is 140 Å². The number of aliphatic hydroxyl groups is 1. The first-order valence-electron chi connectivity index (χ1n) is 8.27. The van der Waals surface area contributed by atoms with Gasteiger partial charge in [-0.2, -0.15) is 0 Å². The molecule has 0 radical (unpaired) electrons. The van der Waals surface area contributed by atoms with Crippen molar-refractivity contribution in [3.8, 4) is 0 Å². The summed E-state index contributed by atoms with van der Waals surface area (Å²) in [6.45, 7) is 0.488. The van der Waals surface area contributed by atoms with Gasteiger partial charge in [-0.15, -0.1) is 0 Å². The van der Waals surface area contributed by atoms with Crippen molar-refractivity contribution in [2.24, 2.45) is 5.41 Å². The molecular weight excluding hydrogens is 300 g/mol. The van der Waals surface area contributed by atoms with Gasteiger partial charge in [0.1, 0.15) is 0 Å². The van der Waals surface area contributed by atoms with Gasteiger partial charge < -0.3 is 15.4 Å². The van der Waals surface area contributed by atoms with Gasteiger partial charge in [-0.3, -0.25) is 4.79 Å². The second-order valence-electron chi connectivity index (χ2n) is 6.61. The summed E-state index contributed by atoms with van der Waals surface area (Å²) in [7, 11) is 0. The third kappa shape index (κ3) is 2.59. The number of fused-ring (bicyclic) bond motifs is 1. The molecule has 0 bridgehead atoms. The van der Waals surface area contributed by atoms with Gasteiger partial charge in [0, 0.05) is 29.1 Å². The first-order chi connectivity index (χ1) is 11.7. The van der Waals surface area contributed by atoms with E-state index in [0.717, 1.165) is 29.3 Å². The molecule has 1 aliphatic rings. The molecule has 4 rings (SSSR count). The number of amides is 1. The van der Waals surface area contributed by atoms with Gasteiger partial charge in [0.25, 0.3) is 5.91 Å². The van der Waals surface area contributed by atoms with Gasteiger partial charge in [-0.05, 0) is 24.5 Å². The lowest BCUT2D eigenvalue weighted by Crippen LogP contribution is -2.33. The number of carbonyl (C=O) groups excluding carboxylic acids is 1. The normalized spacial score (nSPS) is 16.7. The van der Waals surface area contributed by atoms with Crippen LogP contribution in [0.4, 0.5) is 0 Å². The number of para-hydroxylation sites is 1. The molecule has 4 nitrogen and oxygen atoms in total. The molecule has 1 atom stereocenters. The zero-order valence-electron chi connectivity index (χ0n) is 13.3. The van der Waals surface area contributed by atoms with Gasteiger partial charge in [0.05, 0.1) is 11.7 Å². The monoisotopic (exact) mass is 320 g/mol. The van der Waals surface area contributed by atoms with Crippen LogP contribution in [0.25, 0.3) is 10.9 Å². The van der Waals surface area contributed by atoms with Crippen molar-refractivity contribution in [3.05, 3.63) is 71.9 Å². The molecule has 122 valence electrons. The van der Waals surface area contributed by atoms with Crippen LogP contribution in [-0.4, -0.2) is 22.5 Å². The maximum absolute atomic E-state index is 12.5. The lowest BCUT2D eigenvalue weighted by molar-refractivity contribution is 0.0809. The fourth-order valence-corrected chi connectivity index (χ4v) is 3.31. The van der Waals surface area contributed by atoms with Crippen LogP contribution >= 0.6 is 0 Å². The van der Waals surface area contributed by atoms with Crippen LogP contribution in [0.1, 0.15) is 34.9 Å². The van der Waals surface area contributed by atoms with Crippen LogP contribution in [0.3, 0.4) is 0 Å². The zero-order valence-corrected chi connectivity index (χ0v) is 13.3. The van der Waals surface area contributed by atoms with Crippen molar-refractivity contribution in [2.75, 3.05) is 6.54 Å². The molecule has 1 fully saturated rings. The van der Waals surface area contributed by atoms with Crippen molar-refractivity contribution >= 4 is 16.8 Å². The molecule has 3 N–H and O–H groups in total. The van der Waals surface area contributed by atoms with Gasteiger partial charge in [0.15, 0.2) is 0 Å². The van der Waals surface area contributed by atoms with Gasteiger partial charge in [-0.1, -0.05) is 48.5 Å². The number of aromatic amines is 1. The average Bonchev–Trinajstić information content (AvgIpc) is 3.31. The third-order valence-corrected chi connectivity index (χ3v) is 5.02. The van der Waals surface area contributed by atoms with Gasteiger partial charge in [-0.25, -0.2) is 0 Å². The quantitative estimate of drug-likeness (QED) is 0.674. The highest BCUT2D eigenvalue weighted by molar-refractivity contribution is 6.06. The molecule has 4 heteroatoms. The van der Waals surface area contributed by atoms with E-state index in [1.165, 1.54) is 0 Å². The highest BCUT2D eigenvalue weighted by Gasteiger charge is 2.49. The molecule has 0 saturated heterocycles. The number of benzene rings is 2. The van der Waals surface area contributed by atoms with Crippen molar-refractivity contribution in [1.29, 1.82) is 0 Å². The molecule has 1 amide bonds. The van der Waals surface area contributed by atoms with Crippen molar-refractivity contribution in [3.63, 3.8) is 0 Å². The minimum Gasteiger partial charge on any atom is -0.388 e. The Morgan fingerprint density at radius 3 is 2.58 bits per heavy atom. The topological polar surface area (TPSA) is 65.1 Å². The number of rotatable bonds is 5. The number of aromatic nitrogens is 1. The molecule has 0 spiro atoms. The van der Waals surface area contributed by atoms with Crippen molar-refractivity contribution < 1.29 is 9.90 Å². The number of aliphatic hydroxyl groups excluding tert-OH is 1. The first kappa shape index (κ1) is 15.0. The van der Waals surface area contributed by atoms with Crippen molar-refractivity contribution in [2.45, 2.75) is 18.9 Å². The van der Waals surface area contributed by atoms with E-state index >= 15 is 0 Å². The maximum Gasteiger partial charge on any atom is 0.253 e. The molecule has 24 heavy (non-hydrogen) atoms. The summed E-state index contributed by atoms with van der Waals surface area (Å²) in [5, 5.41) is 14.6. The van der Waals surface area contributed by atoms with Gasteiger partial charge in [0.2, 0.25) is 0 Å². The minimum atomic E-state index is -0.540. The van der Waals surface area contributed by atoms with Crippen LogP contribution in [0.15, 0.2) is 60.8 Å². The number of carbonyl (C=O) groups is 1. The Bertz CT molecular complexity index is 865. The standard InChI is InChI=1S/C20H20N2O2/c23-18(14-6-2-1-3-7-14)20(10-11-20)13-22-19(24)16-12-21-17-9-5-4-8-15(16)17/h1-9,12,18,21,23H,10-11,13H2,(H,22,24). The maximum atomic E-state index is 12.5. The Morgan fingerprint density at radius 1 is 1.12 bits per heavy atom. The SMILES string of the molecule is O=C(NCC1(C(O)c2ccccc2)CC1)c1c[nH]c2ccccc12. The fourth-order valence-electron chi connectivity index (χ4n) is 3.31. The molecular formula is C20H20N2O2. The summed E-state index contributed by atoms with van der Waals surface area (Å²) in [6, 6.07) is 17.4. The number of H-pyrrole nitrogens is 1. The van der Waals surface area contributed by atoms with Crippen LogP contribution in [0.5, 0.6) is 0 Å². The highest BCUT2D eigenvalue weighted by atomic mass is 16.3. The van der Waals surface area contributed by atoms with E-state index in [-0.39, 0.29) is 11.3 Å². The summed E-state index contributed by atoms with van der Waals surface area (Å²) in [5.74, 6) is -0.0982. The molecule has 3 aromatic rings. The molecule has 1 unspecified atom stereocenters. The Hall–Kier alpha value is -2.59. The van der Waals surface area contributed by atoms with E-state index in [1.54, 1.807) is 6.20 Å². The highest BCUT2D eigenvalue weighted by Crippen LogP contribution is 2.54. The average molecular weight is 320 g/mol. The number of hydrogen-bond acceptors (Lipinski definition) is 2. The van der Waals surface area contributed by atoms with E-state index in [4.69, 9.17) is 0 Å². The predicted molar refractivity (Wildman–Crippen MR) is 93.7 cm³/mol. The molecule has 0 aliphatic heterocycles.